The maximum absolute atomic E-state index is 13.2. The van der Waals surface area contributed by atoms with Crippen molar-refractivity contribution in [2.75, 3.05) is 19.6 Å². The van der Waals surface area contributed by atoms with Gasteiger partial charge in [-0.2, -0.15) is 0 Å². The van der Waals surface area contributed by atoms with Crippen LogP contribution in [0.5, 0.6) is 5.75 Å². The zero-order valence-electron chi connectivity index (χ0n) is 20.2. The molecule has 6 nitrogen and oxygen atoms in total. The number of ketones is 1. The summed E-state index contributed by atoms with van der Waals surface area (Å²) < 4.78 is 19.0. The van der Waals surface area contributed by atoms with Gasteiger partial charge in [0.05, 0.1) is 22.0 Å². The van der Waals surface area contributed by atoms with Gasteiger partial charge in [-0.15, -0.1) is 11.3 Å². The molecule has 3 aromatic rings. The summed E-state index contributed by atoms with van der Waals surface area (Å²) in [5.74, 6) is -1.23. The first-order valence-corrected chi connectivity index (χ1v) is 13.6. The van der Waals surface area contributed by atoms with Crippen LogP contribution in [0.1, 0.15) is 47.0 Å². The highest BCUT2D eigenvalue weighted by molar-refractivity contribution is 7.18. The van der Waals surface area contributed by atoms with Crippen molar-refractivity contribution in [3.05, 3.63) is 75.9 Å². The monoisotopic (exact) mass is 542 g/mol. The van der Waals surface area contributed by atoms with Gasteiger partial charge in [-0.25, -0.2) is 4.39 Å². The first-order valence-electron chi connectivity index (χ1n) is 12.4. The number of rotatable bonds is 10. The average molecular weight is 543 g/mol. The number of amides is 1. The SMILES string of the molecule is O=C(NC(CN1CCCC1)C(O)c1ccc(OC2CC2)c(Cl)c1)C(=O)c1ccc(-c2ccc(F)cc2)s1. The third kappa shape index (κ3) is 6.38. The molecule has 2 N–H and O–H groups in total. The van der Waals surface area contributed by atoms with Gasteiger partial charge in [-0.3, -0.25) is 9.59 Å². The Hall–Kier alpha value is -2.78. The summed E-state index contributed by atoms with van der Waals surface area (Å²) >= 11 is 7.58. The number of hydrogen-bond acceptors (Lipinski definition) is 6. The number of nitrogens with one attached hydrogen (secondary N) is 1. The van der Waals surface area contributed by atoms with Crippen LogP contribution < -0.4 is 10.1 Å². The van der Waals surface area contributed by atoms with Crippen LogP contribution in [0.2, 0.25) is 5.02 Å². The summed E-state index contributed by atoms with van der Waals surface area (Å²) in [6.07, 6.45) is 3.25. The summed E-state index contributed by atoms with van der Waals surface area (Å²) in [6, 6.07) is 13.7. The maximum atomic E-state index is 13.2. The zero-order valence-corrected chi connectivity index (χ0v) is 21.7. The lowest BCUT2D eigenvalue weighted by atomic mass is 10.0. The number of thiophene rings is 1. The minimum absolute atomic E-state index is 0.197. The van der Waals surface area contributed by atoms with E-state index in [4.69, 9.17) is 16.3 Å². The van der Waals surface area contributed by atoms with Gasteiger partial charge in [0, 0.05) is 11.4 Å². The Bertz CT molecular complexity index is 1270. The van der Waals surface area contributed by atoms with Crippen molar-refractivity contribution in [2.45, 2.75) is 43.9 Å². The van der Waals surface area contributed by atoms with E-state index >= 15 is 0 Å². The minimum Gasteiger partial charge on any atom is -0.489 e. The number of carbonyl (C=O) groups is 2. The predicted molar refractivity (Wildman–Crippen MR) is 142 cm³/mol. The van der Waals surface area contributed by atoms with Crippen LogP contribution in [0.25, 0.3) is 10.4 Å². The van der Waals surface area contributed by atoms with Crippen molar-refractivity contribution in [1.29, 1.82) is 0 Å². The van der Waals surface area contributed by atoms with E-state index in [0.29, 0.717) is 22.9 Å². The third-order valence-electron chi connectivity index (χ3n) is 6.63. The number of carbonyl (C=O) groups excluding carboxylic acids is 2. The predicted octanol–water partition coefficient (Wildman–Crippen LogP) is 5.25. The number of aliphatic hydroxyl groups is 1. The fourth-order valence-corrected chi connectivity index (χ4v) is 5.62. The first kappa shape index (κ1) is 25.9. The Balaban J connectivity index is 1.30. The second-order valence-electron chi connectivity index (χ2n) is 9.54. The Morgan fingerprint density at radius 1 is 1.11 bits per heavy atom. The average Bonchev–Trinajstić information content (AvgIpc) is 3.33. The molecule has 2 fully saturated rings. The van der Waals surface area contributed by atoms with Crippen LogP contribution in [0.3, 0.4) is 0 Å². The summed E-state index contributed by atoms with van der Waals surface area (Å²) in [5, 5.41) is 14.4. The number of halogens is 2. The molecule has 1 aliphatic carbocycles. The van der Waals surface area contributed by atoms with Crippen LogP contribution >= 0.6 is 22.9 Å². The lowest BCUT2D eigenvalue weighted by molar-refractivity contribution is -0.118. The van der Waals surface area contributed by atoms with Gasteiger partial charge in [0.1, 0.15) is 17.7 Å². The van der Waals surface area contributed by atoms with E-state index in [1.807, 2.05) is 0 Å². The Morgan fingerprint density at radius 2 is 1.84 bits per heavy atom. The van der Waals surface area contributed by atoms with Crippen LogP contribution in [-0.4, -0.2) is 53.5 Å². The molecule has 1 amide bonds. The molecule has 1 saturated heterocycles. The Kier molecular flexibility index (Phi) is 7.90. The maximum Gasteiger partial charge on any atom is 0.293 e. The van der Waals surface area contributed by atoms with E-state index in [0.717, 1.165) is 49.2 Å². The lowest BCUT2D eigenvalue weighted by Gasteiger charge is -2.28. The molecule has 0 spiro atoms. The van der Waals surface area contributed by atoms with E-state index in [1.54, 1.807) is 42.5 Å². The molecule has 2 unspecified atom stereocenters. The summed E-state index contributed by atoms with van der Waals surface area (Å²) in [7, 11) is 0. The molecule has 0 radical (unpaired) electrons. The van der Waals surface area contributed by atoms with E-state index in [2.05, 4.69) is 10.2 Å². The molecule has 2 heterocycles. The highest BCUT2D eigenvalue weighted by Gasteiger charge is 2.30. The largest absolute Gasteiger partial charge is 0.489 e. The van der Waals surface area contributed by atoms with E-state index in [-0.39, 0.29) is 16.8 Å². The van der Waals surface area contributed by atoms with Gasteiger partial charge >= 0.3 is 0 Å². The molecule has 37 heavy (non-hydrogen) atoms. The van der Waals surface area contributed by atoms with E-state index < -0.39 is 23.8 Å². The Labute approximate surface area is 224 Å². The number of aliphatic hydroxyl groups excluding tert-OH is 1. The highest BCUT2D eigenvalue weighted by Crippen LogP contribution is 2.34. The van der Waals surface area contributed by atoms with Gasteiger partial charge in [-0.05, 0) is 86.3 Å². The number of hydrogen-bond donors (Lipinski definition) is 2. The van der Waals surface area contributed by atoms with Gasteiger partial charge in [-0.1, -0.05) is 29.8 Å². The number of nitrogens with zero attached hydrogens (tertiary/aromatic N) is 1. The third-order valence-corrected chi connectivity index (χ3v) is 8.06. The van der Waals surface area contributed by atoms with Crippen molar-refractivity contribution in [3.63, 3.8) is 0 Å². The fraction of sp³-hybridized carbons (Fsp3) is 0.357. The van der Waals surface area contributed by atoms with Crippen molar-refractivity contribution in [2.24, 2.45) is 0 Å². The number of Topliss-reactive ketones (excluding diaryl/α,β-unsaturated/α-hetero) is 1. The molecule has 2 aromatic carbocycles. The van der Waals surface area contributed by atoms with Gasteiger partial charge in [0.25, 0.3) is 11.7 Å². The fourth-order valence-electron chi connectivity index (χ4n) is 4.44. The van der Waals surface area contributed by atoms with Crippen LogP contribution in [0.15, 0.2) is 54.6 Å². The van der Waals surface area contributed by atoms with E-state index in [9.17, 15) is 19.1 Å². The molecule has 2 aliphatic rings. The molecule has 2 atom stereocenters. The second kappa shape index (κ2) is 11.3. The number of benzene rings is 2. The molecular weight excluding hydrogens is 515 g/mol. The lowest BCUT2D eigenvalue weighted by Crippen LogP contribution is -2.48. The van der Waals surface area contributed by atoms with Gasteiger partial charge < -0.3 is 20.1 Å². The van der Waals surface area contributed by atoms with E-state index in [1.165, 1.54) is 23.5 Å². The smallest absolute Gasteiger partial charge is 0.293 e. The molecule has 0 bridgehead atoms. The molecule has 1 saturated carbocycles. The zero-order chi connectivity index (χ0) is 25.9. The topological polar surface area (TPSA) is 78.9 Å². The standard InChI is InChI=1S/C28H28ClFN2O4S/c29-21-15-18(5-10-23(21)36-20-8-9-20)26(33)22(16-32-13-1-2-14-32)31-28(35)27(34)25-12-11-24(37-25)17-3-6-19(30)7-4-17/h3-7,10-12,15,20,22,26,33H,1-2,8-9,13-14,16H2,(H,31,35). The molecule has 5 rings (SSSR count). The van der Waals surface area contributed by atoms with Crippen molar-refractivity contribution < 1.29 is 23.8 Å². The molecule has 1 aromatic heterocycles. The minimum atomic E-state index is -1.07. The van der Waals surface area contributed by atoms with Crippen molar-refractivity contribution in [1.82, 2.24) is 10.2 Å². The summed E-state index contributed by atoms with van der Waals surface area (Å²) in [6.45, 7) is 2.14. The van der Waals surface area contributed by atoms with Crippen LogP contribution in [0.4, 0.5) is 4.39 Å². The molecule has 194 valence electrons. The van der Waals surface area contributed by atoms with Crippen molar-refractivity contribution >= 4 is 34.6 Å². The van der Waals surface area contributed by atoms with Gasteiger partial charge in [0.15, 0.2) is 0 Å². The number of likely N-dealkylation sites (tertiary alicyclic amines) is 1. The van der Waals surface area contributed by atoms with Crippen LogP contribution in [0, 0.1) is 5.82 Å². The number of ether oxygens (including phenoxy) is 1. The Morgan fingerprint density at radius 3 is 2.51 bits per heavy atom. The molecular formula is C28H28ClFN2O4S. The van der Waals surface area contributed by atoms with Crippen LogP contribution in [-0.2, 0) is 4.79 Å². The second-order valence-corrected chi connectivity index (χ2v) is 11.0. The quantitative estimate of drug-likeness (QED) is 0.270. The van der Waals surface area contributed by atoms with Crippen molar-refractivity contribution in [3.8, 4) is 16.2 Å². The first-order chi connectivity index (χ1) is 17.9. The normalized spacial score (nSPS) is 17.4. The highest BCUT2D eigenvalue weighted by atomic mass is 35.5. The summed E-state index contributed by atoms with van der Waals surface area (Å²) in [5.41, 5.74) is 1.30. The van der Waals surface area contributed by atoms with Gasteiger partial charge in [0.2, 0.25) is 0 Å². The summed E-state index contributed by atoms with van der Waals surface area (Å²) in [4.78, 5) is 29.2. The molecule has 9 heteroatoms. The molecule has 1 aliphatic heterocycles.